The van der Waals surface area contributed by atoms with Gasteiger partial charge in [-0.1, -0.05) is 77.0 Å². The first kappa shape index (κ1) is 29.9. The van der Waals surface area contributed by atoms with E-state index < -0.39 is 11.9 Å². The van der Waals surface area contributed by atoms with Gasteiger partial charge in [-0.25, -0.2) is 0 Å². The van der Waals surface area contributed by atoms with E-state index in [1.807, 2.05) is 0 Å². The van der Waals surface area contributed by atoms with Gasteiger partial charge in [-0.2, -0.15) is 0 Å². The van der Waals surface area contributed by atoms with Gasteiger partial charge < -0.3 is 14.7 Å². The highest BCUT2D eigenvalue weighted by molar-refractivity contribution is 5.66. The Morgan fingerprint density at radius 2 is 0.677 bits per heavy atom. The Morgan fingerprint density at radius 1 is 0.452 bits per heavy atom. The van der Waals surface area contributed by atoms with Gasteiger partial charge in [-0.3, -0.25) is 9.59 Å². The zero-order valence-electron chi connectivity index (χ0n) is 20.7. The summed E-state index contributed by atoms with van der Waals surface area (Å²) in [6.07, 6.45) is 22.6. The van der Waals surface area contributed by atoms with Gasteiger partial charge in [0.25, 0.3) is 0 Å². The standard InChI is InChI=1S/C26H51NO4/c1-27(2,23-19-15-11-7-3-5-9-13-17-21-25(28)29)24-20-16-12-8-4-6-10-14-18-22-26(30)31/h3-24H2,1-2H3,(H-,28,29,30,31)/p+1. The number of hydrogen-bond donors (Lipinski definition) is 2. The second-order valence-corrected chi connectivity index (χ2v) is 10.0. The molecule has 5 heteroatoms. The maximum Gasteiger partial charge on any atom is 0.303 e. The molecule has 0 saturated carbocycles. The molecule has 0 bridgehead atoms. The molecule has 0 rings (SSSR count). The highest BCUT2D eigenvalue weighted by atomic mass is 16.4. The van der Waals surface area contributed by atoms with Crippen LogP contribution in [0.5, 0.6) is 0 Å². The van der Waals surface area contributed by atoms with Crippen LogP contribution in [0.25, 0.3) is 0 Å². The molecule has 0 unspecified atom stereocenters. The minimum absolute atomic E-state index is 0.325. The lowest BCUT2D eigenvalue weighted by Crippen LogP contribution is -2.41. The third kappa shape index (κ3) is 25.0. The van der Waals surface area contributed by atoms with E-state index in [4.69, 9.17) is 10.2 Å². The zero-order valence-corrected chi connectivity index (χ0v) is 20.7. The monoisotopic (exact) mass is 442 g/mol. The Morgan fingerprint density at radius 3 is 0.935 bits per heavy atom. The second-order valence-electron chi connectivity index (χ2n) is 10.0. The Hall–Kier alpha value is -1.10. The summed E-state index contributed by atoms with van der Waals surface area (Å²) in [7, 11) is 4.74. The van der Waals surface area contributed by atoms with E-state index >= 15 is 0 Å². The van der Waals surface area contributed by atoms with E-state index in [2.05, 4.69) is 14.1 Å². The predicted octanol–water partition coefficient (Wildman–Crippen LogP) is 7.03. The summed E-state index contributed by atoms with van der Waals surface area (Å²) >= 11 is 0. The molecule has 0 aromatic rings. The van der Waals surface area contributed by atoms with Gasteiger partial charge in [0.15, 0.2) is 0 Å². The zero-order chi connectivity index (χ0) is 23.2. The fourth-order valence-electron chi connectivity index (χ4n) is 4.22. The average Bonchev–Trinajstić information content (AvgIpc) is 2.69. The second kappa shape index (κ2) is 20.8. The quantitative estimate of drug-likeness (QED) is 0.124. The molecule has 0 heterocycles. The highest BCUT2D eigenvalue weighted by Gasteiger charge is 2.13. The number of carboxylic acid groups (broad SMARTS) is 2. The van der Waals surface area contributed by atoms with E-state index in [9.17, 15) is 9.59 Å². The van der Waals surface area contributed by atoms with Gasteiger partial charge in [0.2, 0.25) is 0 Å². The van der Waals surface area contributed by atoms with Crippen LogP contribution in [-0.2, 0) is 9.59 Å². The molecule has 0 spiro atoms. The lowest BCUT2D eigenvalue weighted by Gasteiger charge is -2.30. The minimum Gasteiger partial charge on any atom is -0.481 e. The number of carbonyl (C=O) groups is 2. The van der Waals surface area contributed by atoms with Crippen molar-refractivity contribution in [1.82, 2.24) is 0 Å². The van der Waals surface area contributed by atoms with Gasteiger partial charge in [-0.05, 0) is 38.5 Å². The van der Waals surface area contributed by atoms with Crippen LogP contribution in [-0.4, -0.2) is 53.8 Å². The molecule has 2 N–H and O–H groups in total. The molecule has 0 amide bonds. The van der Waals surface area contributed by atoms with Gasteiger partial charge in [0.1, 0.15) is 0 Å². The molecule has 0 aromatic carbocycles. The summed E-state index contributed by atoms with van der Waals surface area (Å²) in [5.41, 5.74) is 0. The van der Waals surface area contributed by atoms with Crippen LogP contribution in [0.3, 0.4) is 0 Å². The van der Waals surface area contributed by atoms with E-state index in [0.29, 0.717) is 12.8 Å². The summed E-state index contributed by atoms with van der Waals surface area (Å²) in [6.45, 7) is 2.57. The van der Waals surface area contributed by atoms with Crippen LogP contribution in [0.4, 0.5) is 0 Å². The Labute approximate surface area is 192 Å². The first-order chi connectivity index (χ1) is 14.8. The van der Waals surface area contributed by atoms with Crippen molar-refractivity contribution in [2.75, 3.05) is 27.2 Å². The molecule has 0 aliphatic carbocycles. The van der Waals surface area contributed by atoms with Crippen LogP contribution < -0.4 is 0 Å². The Kier molecular flexibility index (Phi) is 20.0. The number of rotatable bonds is 24. The van der Waals surface area contributed by atoms with Crippen molar-refractivity contribution in [1.29, 1.82) is 0 Å². The first-order valence-electron chi connectivity index (χ1n) is 13.1. The van der Waals surface area contributed by atoms with Crippen LogP contribution in [0.1, 0.15) is 128 Å². The van der Waals surface area contributed by atoms with Crippen molar-refractivity contribution in [2.45, 2.75) is 128 Å². The molecule has 184 valence electrons. The van der Waals surface area contributed by atoms with Gasteiger partial charge in [0, 0.05) is 12.8 Å². The third-order valence-electron chi connectivity index (χ3n) is 6.31. The van der Waals surface area contributed by atoms with Crippen LogP contribution in [0.2, 0.25) is 0 Å². The summed E-state index contributed by atoms with van der Waals surface area (Å²) in [5, 5.41) is 17.2. The van der Waals surface area contributed by atoms with Crippen LogP contribution in [0.15, 0.2) is 0 Å². The SMILES string of the molecule is C[N+](C)(CCCCCCCCCCCC(=O)O)CCCCCCCCCCCC(=O)O. The van der Waals surface area contributed by atoms with Crippen molar-refractivity contribution in [3.8, 4) is 0 Å². The maximum absolute atomic E-state index is 10.5. The van der Waals surface area contributed by atoms with Crippen molar-refractivity contribution >= 4 is 11.9 Å². The number of carboxylic acids is 2. The molecular formula is C26H52NO4+. The maximum atomic E-state index is 10.5. The molecule has 0 saturated heterocycles. The van der Waals surface area contributed by atoms with E-state index in [1.54, 1.807) is 0 Å². The van der Waals surface area contributed by atoms with Crippen molar-refractivity contribution in [2.24, 2.45) is 0 Å². The topological polar surface area (TPSA) is 74.6 Å². The molecule has 0 aliphatic rings. The van der Waals surface area contributed by atoms with E-state index in [-0.39, 0.29) is 0 Å². The summed E-state index contributed by atoms with van der Waals surface area (Å²) in [5.74, 6) is -1.33. The Bertz CT molecular complexity index is 399. The molecule has 5 nitrogen and oxygen atoms in total. The number of nitrogens with zero attached hydrogens (tertiary/aromatic N) is 1. The Balaban J connectivity index is 3.34. The first-order valence-corrected chi connectivity index (χ1v) is 13.1. The van der Waals surface area contributed by atoms with Crippen molar-refractivity contribution in [3.05, 3.63) is 0 Å². The summed E-state index contributed by atoms with van der Waals surface area (Å²) < 4.78 is 1.15. The molecule has 0 radical (unpaired) electrons. The molecule has 0 aromatic heterocycles. The molecule has 0 atom stereocenters. The third-order valence-corrected chi connectivity index (χ3v) is 6.31. The molecular weight excluding hydrogens is 390 g/mol. The average molecular weight is 443 g/mol. The normalized spacial score (nSPS) is 11.7. The lowest BCUT2D eigenvalue weighted by atomic mass is 10.1. The van der Waals surface area contributed by atoms with Gasteiger partial charge in [0.05, 0.1) is 27.2 Å². The minimum atomic E-state index is -0.667. The van der Waals surface area contributed by atoms with Crippen LogP contribution in [0, 0.1) is 0 Å². The number of unbranched alkanes of at least 4 members (excludes halogenated alkanes) is 16. The van der Waals surface area contributed by atoms with E-state index in [0.717, 1.165) is 30.2 Å². The predicted molar refractivity (Wildman–Crippen MR) is 129 cm³/mol. The summed E-state index contributed by atoms with van der Waals surface area (Å²) in [6, 6.07) is 0. The van der Waals surface area contributed by atoms with Crippen molar-refractivity contribution in [3.63, 3.8) is 0 Å². The van der Waals surface area contributed by atoms with Gasteiger partial charge in [-0.15, -0.1) is 0 Å². The fraction of sp³-hybridized carbons (Fsp3) is 0.923. The van der Waals surface area contributed by atoms with Gasteiger partial charge >= 0.3 is 11.9 Å². The van der Waals surface area contributed by atoms with Crippen LogP contribution >= 0.6 is 0 Å². The van der Waals surface area contributed by atoms with Crippen molar-refractivity contribution < 1.29 is 24.3 Å². The lowest BCUT2D eigenvalue weighted by molar-refractivity contribution is -0.890. The molecule has 0 aliphatic heterocycles. The smallest absolute Gasteiger partial charge is 0.303 e. The number of aliphatic carboxylic acids is 2. The molecule has 0 fully saturated rings. The summed E-state index contributed by atoms with van der Waals surface area (Å²) in [4.78, 5) is 20.9. The molecule has 31 heavy (non-hydrogen) atoms. The van der Waals surface area contributed by atoms with E-state index in [1.165, 1.54) is 103 Å². The number of quaternary nitrogens is 1. The number of hydrogen-bond acceptors (Lipinski definition) is 2. The largest absolute Gasteiger partial charge is 0.481 e. The fourth-order valence-corrected chi connectivity index (χ4v) is 4.22. The highest BCUT2D eigenvalue weighted by Crippen LogP contribution is 2.14.